The number of halogens is 1. The predicted molar refractivity (Wildman–Crippen MR) is 65.8 cm³/mol. The summed E-state index contributed by atoms with van der Waals surface area (Å²) in [6, 6.07) is 3.69. The summed E-state index contributed by atoms with van der Waals surface area (Å²) in [5.41, 5.74) is 7.36. The summed E-state index contributed by atoms with van der Waals surface area (Å²) in [5.74, 6) is 0.793. The standard InChI is InChI=1S/C10H11ClN4S/c1-5-3-8(12)7(11)4-9(5)16-10-13-6(2)14-15-10/h3-4H,12H2,1-2H3,(H,13,14,15). The van der Waals surface area contributed by atoms with E-state index >= 15 is 0 Å². The molecule has 1 aromatic carbocycles. The number of nitrogen functional groups attached to an aromatic ring is 1. The predicted octanol–water partition coefficient (Wildman–Crippen LogP) is 2.81. The van der Waals surface area contributed by atoms with Crippen LogP contribution in [0.3, 0.4) is 0 Å². The summed E-state index contributed by atoms with van der Waals surface area (Å²) in [6.07, 6.45) is 0. The second kappa shape index (κ2) is 4.35. The minimum absolute atomic E-state index is 0.556. The number of H-pyrrole nitrogens is 1. The van der Waals surface area contributed by atoms with Crippen molar-refractivity contribution in [1.29, 1.82) is 0 Å². The van der Waals surface area contributed by atoms with Crippen LogP contribution in [-0.4, -0.2) is 15.2 Å². The Bertz CT molecular complexity index is 524. The Hall–Kier alpha value is -1.20. The molecule has 0 radical (unpaired) electrons. The molecule has 3 N–H and O–H groups in total. The zero-order valence-corrected chi connectivity index (χ0v) is 10.5. The van der Waals surface area contributed by atoms with Gasteiger partial charge in [-0.3, -0.25) is 5.10 Å². The molecule has 16 heavy (non-hydrogen) atoms. The van der Waals surface area contributed by atoms with Gasteiger partial charge in [0.15, 0.2) is 0 Å². The Kier molecular flexibility index (Phi) is 3.07. The Morgan fingerprint density at radius 2 is 2.12 bits per heavy atom. The molecule has 2 rings (SSSR count). The molecule has 2 aromatic rings. The zero-order valence-electron chi connectivity index (χ0n) is 8.91. The zero-order chi connectivity index (χ0) is 11.7. The summed E-state index contributed by atoms with van der Waals surface area (Å²) >= 11 is 7.43. The van der Waals surface area contributed by atoms with Gasteiger partial charge < -0.3 is 5.73 Å². The van der Waals surface area contributed by atoms with Crippen molar-refractivity contribution < 1.29 is 0 Å². The van der Waals surface area contributed by atoms with Crippen LogP contribution in [0.25, 0.3) is 0 Å². The molecule has 0 saturated heterocycles. The lowest BCUT2D eigenvalue weighted by Gasteiger charge is -2.05. The first-order valence-electron chi connectivity index (χ1n) is 4.69. The van der Waals surface area contributed by atoms with Gasteiger partial charge in [-0.25, -0.2) is 4.98 Å². The van der Waals surface area contributed by atoms with E-state index < -0.39 is 0 Å². The van der Waals surface area contributed by atoms with Crippen molar-refractivity contribution in [3.05, 3.63) is 28.5 Å². The maximum Gasteiger partial charge on any atom is 0.213 e. The quantitative estimate of drug-likeness (QED) is 0.809. The molecule has 0 fully saturated rings. The second-order valence-electron chi connectivity index (χ2n) is 3.44. The number of aryl methyl sites for hydroxylation is 2. The molecule has 0 aliphatic carbocycles. The number of nitrogens with zero attached hydrogens (tertiary/aromatic N) is 2. The van der Waals surface area contributed by atoms with E-state index in [1.54, 1.807) is 0 Å². The highest BCUT2D eigenvalue weighted by atomic mass is 35.5. The van der Waals surface area contributed by atoms with Crippen LogP contribution in [0.15, 0.2) is 22.2 Å². The molecule has 1 heterocycles. The van der Waals surface area contributed by atoms with Crippen molar-refractivity contribution in [2.75, 3.05) is 5.73 Å². The lowest BCUT2D eigenvalue weighted by atomic mass is 10.2. The van der Waals surface area contributed by atoms with Crippen LogP contribution >= 0.6 is 23.4 Å². The Morgan fingerprint density at radius 1 is 1.38 bits per heavy atom. The molecule has 0 saturated carbocycles. The van der Waals surface area contributed by atoms with Gasteiger partial charge in [-0.15, -0.1) is 5.10 Å². The molecule has 0 spiro atoms. The molecule has 0 aliphatic rings. The first-order chi connectivity index (χ1) is 7.56. The first kappa shape index (κ1) is 11.3. The topological polar surface area (TPSA) is 67.6 Å². The van der Waals surface area contributed by atoms with E-state index in [1.807, 2.05) is 26.0 Å². The molecule has 4 nitrogen and oxygen atoms in total. The number of benzene rings is 1. The van der Waals surface area contributed by atoms with E-state index in [0.29, 0.717) is 15.9 Å². The van der Waals surface area contributed by atoms with E-state index in [1.165, 1.54) is 11.8 Å². The van der Waals surface area contributed by atoms with E-state index in [0.717, 1.165) is 16.3 Å². The lowest BCUT2D eigenvalue weighted by molar-refractivity contribution is 0.969. The van der Waals surface area contributed by atoms with Crippen LogP contribution in [0.4, 0.5) is 5.69 Å². The number of rotatable bonds is 2. The largest absolute Gasteiger partial charge is 0.398 e. The van der Waals surface area contributed by atoms with Crippen LogP contribution < -0.4 is 5.73 Å². The smallest absolute Gasteiger partial charge is 0.213 e. The van der Waals surface area contributed by atoms with Gasteiger partial charge in [0.25, 0.3) is 0 Å². The second-order valence-corrected chi connectivity index (χ2v) is 4.86. The van der Waals surface area contributed by atoms with Crippen LogP contribution in [0.2, 0.25) is 5.02 Å². The molecule has 84 valence electrons. The van der Waals surface area contributed by atoms with Gasteiger partial charge in [0.2, 0.25) is 5.16 Å². The minimum Gasteiger partial charge on any atom is -0.398 e. The van der Waals surface area contributed by atoms with Gasteiger partial charge in [-0.1, -0.05) is 11.6 Å². The average molecular weight is 255 g/mol. The highest BCUT2D eigenvalue weighted by Crippen LogP contribution is 2.32. The van der Waals surface area contributed by atoms with Gasteiger partial charge in [0.05, 0.1) is 10.7 Å². The maximum atomic E-state index is 5.97. The molecular weight excluding hydrogens is 244 g/mol. The Morgan fingerprint density at radius 3 is 2.75 bits per heavy atom. The summed E-state index contributed by atoms with van der Waals surface area (Å²) in [7, 11) is 0. The van der Waals surface area contributed by atoms with Gasteiger partial charge in [-0.05, 0) is 43.3 Å². The number of aromatic nitrogens is 3. The van der Waals surface area contributed by atoms with E-state index in [-0.39, 0.29) is 0 Å². The normalized spacial score (nSPS) is 10.7. The van der Waals surface area contributed by atoms with Gasteiger partial charge >= 0.3 is 0 Å². The third kappa shape index (κ3) is 2.31. The fraction of sp³-hybridized carbons (Fsp3) is 0.200. The number of nitrogens with one attached hydrogen (secondary N) is 1. The summed E-state index contributed by atoms with van der Waals surface area (Å²) in [4.78, 5) is 5.23. The molecule has 0 unspecified atom stereocenters. The molecule has 0 aliphatic heterocycles. The lowest BCUT2D eigenvalue weighted by Crippen LogP contribution is -1.89. The fourth-order valence-electron chi connectivity index (χ4n) is 1.26. The molecule has 6 heteroatoms. The van der Waals surface area contributed by atoms with Crippen molar-refractivity contribution in [3.63, 3.8) is 0 Å². The minimum atomic E-state index is 0.556. The molecule has 0 atom stereocenters. The third-order valence-electron chi connectivity index (χ3n) is 2.07. The van der Waals surface area contributed by atoms with E-state index in [9.17, 15) is 0 Å². The SMILES string of the molecule is Cc1nc(Sc2cc(Cl)c(N)cc2C)n[nH]1. The van der Waals surface area contributed by atoms with Crippen molar-refractivity contribution in [2.24, 2.45) is 0 Å². The van der Waals surface area contributed by atoms with Gasteiger partial charge in [0.1, 0.15) is 5.82 Å². The van der Waals surface area contributed by atoms with E-state index in [2.05, 4.69) is 15.2 Å². The van der Waals surface area contributed by atoms with Crippen molar-refractivity contribution >= 4 is 29.1 Å². The number of nitrogens with two attached hydrogens (primary N) is 1. The number of hydrogen-bond acceptors (Lipinski definition) is 4. The van der Waals surface area contributed by atoms with Gasteiger partial charge in [0, 0.05) is 4.90 Å². The van der Waals surface area contributed by atoms with Crippen molar-refractivity contribution in [1.82, 2.24) is 15.2 Å². The number of anilines is 1. The van der Waals surface area contributed by atoms with Crippen LogP contribution in [-0.2, 0) is 0 Å². The molecular formula is C10H11ClN4S. The summed E-state index contributed by atoms with van der Waals surface area (Å²) < 4.78 is 0. The van der Waals surface area contributed by atoms with Crippen LogP contribution in [0, 0.1) is 13.8 Å². The number of aromatic amines is 1. The molecule has 1 aromatic heterocycles. The molecule has 0 bridgehead atoms. The van der Waals surface area contributed by atoms with E-state index in [4.69, 9.17) is 17.3 Å². The maximum absolute atomic E-state index is 5.97. The monoisotopic (exact) mass is 254 g/mol. The highest BCUT2D eigenvalue weighted by Gasteiger charge is 2.08. The fourth-order valence-corrected chi connectivity index (χ4v) is 2.36. The Balaban J connectivity index is 2.31. The highest BCUT2D eigenvalue weighted by molar-refractivity contribution is 7.99. The average Bonchev–Trinajstić information content (AvgIpc) is 2.60. The first-order valence-corrected chi connectivity index (χ1v) is 5.88. The summed E-state index contributed by atoms with van der Waals surface area (Å²) in [6.45, 7) is 3.84. The van der Waals surface area contributed by atoms with Gasteiger partial charge in [-0.2, -0.15) is 0 Å². The van der Waals surface area contributed by atoms with Crippen molar-refractivity contribution in [2.45, 2.75) is 23.9 Å². The van der Waals surface area contributed by atoms with Crippen LogP contribution in [0.1, 0.15) is 11.4 Å². The van der Waals surface area contributed by atoms with Crippen molar-refractivity contribution in [3.8, 4) is 0 Å². The molecule has 0 amide bonds. The Labute approximate surface area is 103 Å². The van der Waals surface area contributed by atoms with Crippen LogP contribution in [0.5, 0.6) is 0 Å². The summed E-state index contributed by atoms with van der Waals surface area (Å²) in [5, 5.41) is 8.09. The number of hydrogen-bond donors (Lipinski definition) is 2. The third-order valence-corrected chi connectivity index (χ3v) is 3.42.